The highest BCUT2D eigenvalue weighted by Crippen LogP contribution is 2.34. The van der Waals surface area contributed by atoms with Gasteiger partial charge >= 0.3 is 0 Å². The topological polar surface area (TPSA) is 63.6 Å². The number of nitrogens with one attached hydrogen (secondary N) is 1. The molecule has 106 valence electrons. The number of ether oxygens (including phenoxy) is 2. The van der Waals surface area contributed by atoms with Crippen molar-refractivity contribution >= 4 is 11.3 Å². The minimum atomic E-state index is -0.579. The zero-order valence-electron chi connectivity index (χ0n) is 11.1. The van der Waals surface area contributed by atoms with Gasteiger partial charge in [0.05, 0.1) is 16.8 Å². The Hall–Kier alpha value is -1.63. The Bertz CT molecular complexity index is 600. The number of hydrogen-bond acceptors (Lipinski definition) is 6. The summed E-state index contributed by atoms with van der Waals surface area (Å²) in [6.45, 7) is 3.36. The Morgan fingerprint density at radius 2 is 2.25 bits per heavy atom. The lowest BCUT2D eigenvalue weighted by molar-refractivity contribution is 0.170. The first-order valence-corrected chi connectivity index (χ1v) is 7.29. The molecule has 3 rings (SSSR count). The summed E-state index contributed by atoms with van der Waals surface area (Å²) in [5, 5.41) is 16.4. The van der Waals surface area contributed by atoms with E-state index in [0.717, 1.165) is 22.0 Å². The van der Waals surface area contributed by atoms with Crippen molar-refractivity contribution in [2.75, 3.05) is 13.3 Å². The second-order valence-electron chi connectivity index (χ2n) is 4.62. The maximum absolute atomic E-state index is 10.2. The van der Waals surface area contributed by atoms with E-state index in [0.29, 0.717) is 18.8 Å². The van der Waals surface area contributed by atoms with Gasteiger partial charge in [0.1, 0.15) is 0 Å². The van der Waals surface area contributed by atoms with Crippen molar-refractivity contribution in [2.24, 2.45) is 0 Å². The van der Waals surface area contributed by atoms with Crippen LogP contribution in [0, 0.1) is 6.92 Å². The number of aromatic nitrogens is 1. The lowest BCUT2D eigenvalue weighted by atomic mass is 10.1. The number of rotatable bonds is 5. The smallest absolute Gasteiger partial charge is 0.231 e. The molecule has 1 aromatic carbocycles. The molecule has 0 spiro atoms. The summed E-state index contributed by atoms with van der Waals surface area (Å²) in [5.41, 5.74) is 1.82. The highest BCUT2D eigenvalue weighted by Gasteiger charge is 2.16. The Kier molecular flexibility index (Phi) is 3.86. The van der Waals surface area contributed by atoms with E-state index in [1.54, 1.807) is 11.3 Å². The maximum Gasteiger partial charge on any atom is 0.231 e. The summed E-state index contributed by atoms with van der Waals surface area (Å²) in [5.74, 6) is 1.42. The van der Waals surface area contributed by atoms with Crippen LogP contribution in [-0.4, -0.2) is 23.4 Å². The van der Waals surface area contributed by atoms with Gasteiger partial charge in [-0.05, 0) is 24.6 Å². The first kappa shape index (κ1) is 13.4. The monoisotopic (exact) mass is 292 g/mol. The fraction of sp³-hybridized carbons (Fsp3) is 0.357. The van der Waals surface area contributed by atoms with E-state index in [2.05, 4.69) is 10.3 Å². The molecule has 2 heterocycles. The minimum absolute atomic E-state index is 0.246. The molecule has 0 bridgehead atoms. The third-order valence-corrected chi connectivity index (χ3v) is 3.91. The molecule has 2 aromatic rings. The molecule has 0 fully saturated rings. The Labute approximate surface area is 121 Å². The standard InChI is InChI=1S/C14H16N2O3S/c1-9-16-11(7-20-9)5-15-6-12(17)10-2-3-13-14(4-10)19-8-18-13/h2-4,7,12,15,17H,5-6,8H2,1H3. The maximum atomic E-state index is 10.2. The number of benzene rings is 1. The first-order chi connectivity index (χ1) is 9.72. The van der Waals surface area contributed by atoms with Crippen LogP contribution in [0.2, 0.25) is 0 Å². The van der Waals surface area contributed by atoms with Gasteiger partial charge in [-0.1, -0.05) is 6.07 Å². The van der Waals surface area contributed by atoms with Crippen molar-refractivity contribution in [3.63, 3.8) is 0 Å². The molecule has 2 N–H and O–H groups in total. The molecule has 6 heteroatoms. The number of thiazole rings is 1. The van der Waals surface area contributed by atoms with E-state index >= 15 is 0 Å². The third kappa shape index (κ3) is 2.92. The molecule has 1 aliphatic rings. The van der Waals surface area contributed by atoms with E-state index < -0.39 is 6.10 Å². The number of aliphatic hydroxyl groups is 1. The van der Waals surface area contributed by atoms with Gasteiger partial charge in [0.15, 0.2) is 11.5 Å². The van der Waals surface area contributed by atoms with Gasteiger partial charge in [0, 0.05) is 18.5 Å². The van der Waals surface area contributed by atoms with Crippen LogP contribution in [0.25, 0.3) is 0 Å². The van der Waals surface area contributed by atoms with Gasteiger partial charge in [-0.3, -0.25) is 0 Å². The number of hydrogen-bond donors (Lipinski definition) is 2. The summed E-state index contributed by atoms with van der Waals surface area (Å²) < 4.78 is 10.6. The van der Waals surface area contributed by atoms with E-state index in [1.807, 2.05) is 30.5 Å². The highest BCUT2D eigenvalue weighted by atomic mass is 32.1. The van der Waals surface area contributed by atoms with Gasteiger partial charge in [-0.2, -0.15) is 0 Å². The molecule has 5 nitrogen and oxygen atoms in total. The number of nitrogens with zero attached hydrogens (tertiary/aromatic N) is 1. The summed E-state index contributed by atoms with van der Waals surface area (Å²) in [4.78, 5) is 4.37. The highest BCUT2D eigenvalue weighted by molar-refractivity contribution is 7.09. The largest absolute Gasteiger partial charge is 0.454 e. The molecule has 1 atom stereocenters. The molecule has 1 aliphatic heterocycles. The third-order valence-electron chi connectivity index (χ3n) is 3.09. The van der Waals surface area contributed by atoms with Crippen molar-refractivity contribution < 1.29 is 14.6 Å². The summed E-state index contributed by atoms with van der Waals surface area (Å²) in [6.07, 6.45) is -0.579. The number of aliphatic hydroxyl groups excluding tert-OH is 1. The summed E-state index contributed by atoms with van der Waals surface area (Å²) in [6, 6.07) is 5.50. The molecule has 0 radical (unpaired) electrons. The normalized spacial score (nSPS) is 14.5. The van der Waals surface area contributed by atoms with Gasteiger partial charge in [-0.25, -0.2) is 4.98 Å². The van der Waals surface area contributed by atoms with E-state index in [-0.39, 0.29) is 6.79 Å². The number of aryl methyl sites for hydroxylation is 1. The Morgan fingerprint density at radius 3 is 3.05 bits per heavy atom. The molecule has 0 aliphatic carbocycles. The fourth-order valence-corrected chi connectivity index (χ4v) is 2.68. The zero-order valence-corrected chi connectivity index (χ0v) is 11.9. The first-order valence-electron chi connectivity index (χ1n) is 6.42. The van der Waals surface area contributed by atoms with Crippen LogP contribution in [0.15, 0.2) is 23.6 Å². The van der Waals surface area contributed by atoms with E-state index in [9.17, 15) is 5.11 Å². The molecule has 0 saturated carbocycles. The van der Waals surface area contributed by atoms with Crippen LogP contribution in [0.5, 0.6) is 11.5 Å². The van der Waals surface area contributed by atoms with Gasteiger partial charge in [-0.15, -0.1) is 11.3 Å². The summed E-state index contributed by atoms with van der Waals surface area (Å²) >= 11 is 1.63. The van der Waals surface area contributed by atoms with Gasteiger partial charge in [0.25, 0.3) is 0 Å². The SMILES string of the molecule is Cc1nc(CNCC(O)c2ccc3c(c2)OCO3)cs1. The molecular formula is C14H16N2O3S. The molecule has 1 aromatic heterocycles. The van der Waals surface area contributed by atoms with Crippen molar-refractivity contribution in [3.8, 4) is 11.5 Å². The Balaban J connectivity index is 1.55. The fourth-order valence-electron chi connectivity index (χ4n) is 2.06. The Morgan fingerprint density at radius 1 is 1.40 bits per heavy atom. The number of fused-ring (bicyclic) bond motifs is 1. The average molecular weight is 292 g/mol. The van der Waals surface area contributed by atoms with Crippen LogP contribution in [-0.2, 0) is 6.54 Å². The minimum Gasteiger partial charge on any atom is -0.454 e. The lowest BCUT2D eigenvalue weighted by Crippen LogP contribution is -2.21. The summed E-state index contributed by atoms with van der Waals surface area (Å²) in [7, 11) is 0. The van der Waals surface area contributed by atoms with E-state index in [1.165, 1.54) is 0 Å². The van der Waals surface area contributed by atoms with Crippen molar-refractivity contribution in [3.05, 3.63) is 39.8 Å². The predicted molar refractivity (Wildman–Crippen MR) is 76.1 cm³/mol. The molecule has 20 heavy (non-hydrogen) atoms. The van der Waals surface area contributed by atoms with E-state index in [4.69, 9.17) is 9.47 Å². The lowest BCUT2D eigenvalue weighted by Gasteiger charge is -2.12. The molecule has 0 saturated heterocycles. The van der Waals surface area contributed by atoms with Gasteiger partial charge < -0.3 is 19.9 Å². The van der Waals surface area contributed by atoms with Crippen molar-refractivity contribution in [1.29, 1.82) is 0 Å². The second-order valence-corrected chi connectivity index (χ2v) is 5.68. The van der Waals surface area contributed by atoms with Crippen LogP contribution in [0.4, 0.5) is 0 Å². The molecule has 0 amide bonds. The van der Waals surface area contributed by atoms with Crippen LogP contribution in [0.1, 0.15) is 22.4 Å². The van der Waals surface area contributed by atoms with Gasteiger partial charge in [0.2, 0.25) is 6.79 Å². The quantitative estimate of drug-likeness (QED) is 0.882. The van der Waals surface area contributed by atoms with Crippen molar-refractivity contribution in [2.45, 2.75) is 19.6 Å². The predicted octanol–water partition coefficient (Wildman–Crippen LogP) is 2.00. The van der Waals surface area contributed by atoms with Crippen molar-refractivity contribution in [1.82, 2.24) is 10.3 Å². The molecule has 1 unspecified atom stereocenters. The van der Waals surface area contributed by atoms with Crippen LogP contribution < -0.4 is 14.8 Å². The second kappa shape index (κ2) is 5.78. The average Bonchev–Trinajstić information content (AvgIpc) is 3.06. The van der Waals surface area contributed by atoms with Crippen LogP contribution in [0.3, 0.4) is 0 Å². The molecular weight excluding hydrogens is 276 g/mol. The zero-order chi connectivity index (χ0) is 13.9. The van der Waals surface area contributed by atoms with Crippen LogP contribution >= 0.6 is 11.3 Å².